The lowest BCUT2D eigenvalue weighted by atomic mass is 9.99. The highest BCUT2D eigenvalue weighted by atomic mass is 32.1. The molecule has 0 aliphatic carbocycles. The lowest BCUT2D eigenvalue weighted by Crippen LogP contribution is -2.24. The van der Waals surface area contributed by atoms with Crippen molar-refractivity contribution < 1.29 is 15.0 Å². The van der Waals surface area contributed by atoms with Gasteiger partial charge in [0.25, 0.3) is 0 Å². The third kappa shape index (κ3) is 2.30. The first-order chi connectivity index (χ1) is 6.33. The highest BCUT2D eigenvalue weighted by Crippen LogP contribution is 2.32. The van der Waals surface area contributed by atoms with E-state index in [9.17, 15) is 9.90 Å². The zero-order chi connectivity index (χ0) is 10.9. The van der Waals surface area contributed by atoms with Gasteiger partial charge in [-0.1, -0.05) is 0 Å². The van der Waals surface area contributed by atoms with E-state index in [0.717, 1.165) is 5.01 Å². The van der Waals surface area contributed by atoms with Gasteiger partial charge in [-0.2, -0.15) is 0 Å². The molecule has 0 radical (unpaired) electrons. The van der Waals surface area contributed by atoms with Crippen molar-refractivity contribution in [2.24, 2.45) is 0 Å². The zero-order valence-corrected chi connectivity index (χ0v) is 9.18. The van der Waals surface area contributed by atoms with Gasteiger partial charge in [-0.25, -0.2) is 4.98 Å². The van der Waals surface area contributed by atoms with Gasteiger partial charge in [-0.3, -0.25) is 4.79 Å². The van der Waals surface area contributed by atoms with Gasteiger partial charge < -0.3 is 10.2 Å². The van der Waals surface area contributed by atoms with E-state index in [0.29, 0.717) is 10.6 Å². The van der Waals surface area contributed by atoms with Crippen molar-refractivity contribution in [1.29, 1.82) is 0 Å². The molecule has 0 saturated heterocycles. The van der Waals surface area contributed by atoms with Crippen LogP contribution in [-0.4, -0.2) is 21.2 Å². The van der Waals surface area contributed by atoms with Crippen LogP contribution in [0.4, 0.5) is 0 Å². The Balaban J connectivity index is 3.02. The molecule has 2 N–H and O–H groups in total. The highest BCUT2D eigenvalue weighted by Gasteiger charge is 2.30. The molecular weight excluding hydrogens is 202 g/mol. The van der Waals surface area contributed by atoms with Crippen LogP contribution in [0.25, 0.3) is 0 Å². The predicted octanol–water partition coefficient (Wildman–Crippen LogP) is 1.44. The summed E-state index contributed by atoms with van der Waals surface area (Å²) in [6, 6.07) is 0. The van der Waals surface area contributed by atoms with Crippen molar-refractivity contribution in [2.45, 2.75) is 32.8 Å². The van der Waals surface area contributed by atoms with E-state index >= 15 is 0 Å². The number of aryl methyl sites for hydroxylation is 2. The summed E-state index contributed by atoms with van der Waals surface area (Å²) in [7, 11) is 0. The molecule has 0 aliphatic heterocycles. The Kier molecular flexibility index (Phi) is 2.92. The number of rotatable bonds is 3. The molecule has 0 bridgehead atoms. The molecule has 4 nitrogen and oxygen atoms in total. The Hall–Kier alpha value is -0.940. The number of aliphatic carboxylic acids is 1. The minimum Gasteiger partial charge on any atom is -0.481 e. The maximum atomic E-state index is 10.5. The number of thiazole rings is 1. The summed E-state index contributed by atoms with van der Waals surface area (Å²) >= 11 is 1.34. The van der Waals surface area contributed by atoms with Gasteiger partial charge in [-0.05, 0) is 20.8 Å². The average Bonchev–Trinajstić information content (AvgIpc) is 2.27. The molecule has 1 unspecified atom stereocenters. The summed E-state index contributed by atoms with van der Waals surface area (Å²) in [5.41, 5.74) is -0.610. The molecule has 0 fully saturated rings. The van der Waals surface area contributed by atoms with Crippen molar-refractivity contribution in [2.75, 3.05) is 0 Å². The second-order valence-corrected chi connectivity index (χ2v) is 4.69. The molecule has 1 heterocycles. The number of carboxylic acid groups (broad SMARTS) is 1. The Labute approximate surface area is 86.2 Å². The van der Waals surface area contributed by atoms with E-state index in [1.807, 2.05) is 6.92 Å². The van der Waals surface area contributed by atoms with Crippen LogP contribution in [0.1, 0.15) is 28.9 Å². The van der Waals surface area contributed by atoms with E-state index in [1.165, 1.54) is 18.3 Å². The number of carbonyl (C=O) groups is 1. The molecule has 78 valence electrons. The SMILES string of the molecule is Cc1nc(C)c(C(C)(O)CC(=O)O)s1. The summed E-state index contributed by atoms with van der Waals surface area (Å²) in [4.78, 5) is 15.3. The van der Waals surface area contributed by atoms with Crippen molar-refractivity contribution in [3.63, 3.8) is 0 Å². The lowest BCUT2D eigenvalue weighted by Gasteiger charge is -2.19. The Bertz CT molecular complexity index is 357. The molecule has 1 aromatic heterocycles. The molecule has 1 aromatic rings. The van der Waals surface area contributed by atoms with Gasteiger partial charge in [0, 0.05) is 0 Å². The summed E-state index contributed by atoms with van der Waals surface area (Å²) in [5.74, 6) is -1.01. The smallest absolute Gasteiger partial charge is 0.306 e. The number of aliphatic hydroxyl groups is 1. The van der Waals surface area contributed by atoms with E-state index in [1.54, 1.807) is 6.92 Å². The summed E-state index contributed by atoms with van der Waals surface area (Å²) in [5, 5.41) is 19.4. The van der Waals surface area contributed by atoms with Crippen molar-refractivity contribution in [3.8, 4) is 0 Å². The monoisotopic (exact) mass is 215 g/mol. The molecule has 14 heavy (non-hydrogen) atoms. The van der Waals surface area contributed by atoms with Gasteiger partial charge in [-0.15, -0.1) is 11.3 Å². The van der Waals surface area contributed by atoms with Crippen LogP contribution >= 0.6 is 11.3 Å². The van der Waals surface area contributed by atoms with Crippen LogP contribution in [0.15, 0.2) is 0 Å². The van der Waals surface area contributed by atoms with E-state index in [2.05, 4.69) is 4.98 Å². The molecule has 5 heteroatoms. The molecule has 1 rings (SSSR count). The highest BCUT2D eigenvalue weighted by molar-refractivity contribution is 7.11. The van der Waals surface area contributed by atoms with Gasteiger partial charge >= 0.3 is 5.97 Å². The Morgan fingerprint density at radius 1 is 1.57 bits per heavy atom. The summed E-state index contributed by atoms with van der Waals surface area (Å²) in [6.07, 6.45) is -0.296. The zero-order valence-electron chi connectivity index (χ0n) is 8.37. The number of hydrogen-bond donors (Lipinski definition) is 2. The first-order valence-corrected chi connectivity index (χ1v) is 5.03. The van der Waals surface area contributed by atoms with Gasteiger partial charge in [0.05, 0.1) is 22.0 Å². The minimum atomic E-state index is -1.32. The normalized spacial score (nSPS) is 15.1. The largest absolute Gasteiger partial charge is 0.481 e. The maximum absolute atomic E-state index is 10.5. The minimum absolute atomic E-state index is 0.296. The second-order valence-electron chi connectivity index (χ2n) is 3.49. The maximum Gasteiger partial charge on any atom is 0.306 e. The lowest BCUT2D eigenvalue weighted by molar-refractivity contribution is -0.142. The molecular formula is C9H13NO3S. The van der Waals surface area contributed by atoms with Gasteiger partial charge in [0.15, 0.2) is 0 Å². The topological polar surface area (TPSA) is 70.4 Å². The third-order valence-electron chi connectivity index (χ3n) is 1.89. The van der Waals surface area contributed by atoms with Crippen LogP contribution < -0.4 is 0 Å². The standard InChI is InChI=1S/C9H13NO3S/c1-5-8(14-6(2)10-5)9(3,13)4-7(11)12/h13H,4H2,1-3H3,(H,11,12). The fraction of sp³-hybridized carbons (Fsp3) is 0.556. The molecule has 0 amide bonds. The molecule has 0 aliphatic rings. The number of aromatic nitrogens is 1. The first kappa shape index (κ1) is 11.1. The number of hydrogen-bond acceptors (Lipinski definition) is 4. The third-order valence-corrected chi connectivity index (χ3v) is 3.21. The average molecular weight is 215 g/mol. The van der Waals surface area contributed by atoms with Crippen molar-refractivity contribution in [1.82, 2.24) is 4.98 Å². The molecule has 1 atom stereocenters. The van der Waals surface area contributed by atoms with Crippen LogP contribution in [0.2, 0.25) is 0 Å². The number of carboxylic acids is 1. The van der Waals surface area contributed by atoms with E-state index in [4.69, 9.17) is 5.11 Å². The Morgan fingerprint density at radius 3 is 2.50 bits per heavy atom. The fourth-order valence-corrected chi connectivity index (χ4v) is 2.37. The quantitative estimate of drug-likeness (QED) is 0.800. The molecule has 0 spiro atoms. The van der Waals surface area contributed by atoms with E-state index in [-0.39, 0.29) is 6.42 Å². The van der Waals surface area contributed by atoms with Crippen LogP contribution in [-0.2, 0) is 10.4 Å². The van der Waals surface area contributed by atoms with Crippen LogP contribution in [0.5, 0.6) is 0 Å². The van der Waals surface area contributed by atoms with Crippen LogP contribution in [0, 0.1) is 13.8 Å². The van der Waals surface area contributed by atoms with Gasteiger partial charge in [0.1, 0.15) is 5.60 Å². The second kappa shape index (κ2) is 3.67. The molecule has 0 saturated carbocycles. The number of nitrogens with zero attached hydrogens (tertiary/aromatic N) is 1. The van der Waals surface area contributed by atoms with Gasteiger partial charge in [0.2, 0.25) is 0 Å². The van der Waals surface area contributed by atoms with Crippen molar-refractivity contribution in [3.05, 3.63) is 15.6 Å². The summed E-state index contributed by atoms with van der Waals surface area (Å²) in [6.45, 7) is 5.11. The Morgan fingerprint density at radius 2 is 2.14 bits per heavy atom. The fourth-order valence-electron chi connectivity index (χ4n) is 1.41. The summed E-state index contributed by atoms with van der Waals surface area (Å²) < 4.78 is 0. The predicted molar refractivity (Wildman–Crippen MR) is 53.4 cm³/mol. The van der Waals surface area contributed by atoms with E-state index < -0.39 is 11.6 Å². The van der Waals surface area contributed by atoms with Crippen molar-refractivity contribution >= 4 is 17.3 Å². The molecule has 0 aromatic carbocycles. The van der Waals surface area contributed by atoms with Crippen LogP contribution in [0.3, 0.4) is 0 Å². The first-order valence-electron chi connectivity index (χ1n) is 4.21.